The van der Waals surface area contributed by atoms with Crippen LogP contribution < -0.4 is 20.1 Å². The van der Waals surface area contributed by atoms with Gasteiger partial charge in [0.05, 0.1) is 15.6 Å². The van der Waals surface area contributed by atoms with Crippen LogP contribution in [0.2, 0.25) is 5.02 Å². The molecule has 0 heterocycles. The molecule has 2 N–H and O–H groups in total. The highest BCUT2D eigenvalue weighted by atomic mass is 79.9. The SMILES string of the molecule is CCOc1ccc(NCc2cc(Br)c(OCC(=O)Nc3ccc(C)c(Cl)c3)c(Br)c2)cc1. The number of ether oxygens (including phenoxy) is 2. The maximum absolute atomic E-state index is 12.3. The van der Waals surface area contributed by atoms with Gasteiger partial charge in [0.15, 0.2) is 6.61 Å². The molecule has 0 bridgehead atoms. The van der Waals surface area contributed by atoms with Gasteiger partial charge in [-0.3, -0.25) is 4.79 Å². The van der Waals surface area contributed by atoms with Crippen LogP contribution in [0.1, 0.15) is 18.1 Å². The van der Waals surface area contributed by atoms with Gasteiger partial charge < -0.3 is 20.1 Å². The highest BCUT2D eigenvalue weighted by molar-refractivity contribution is 9.11. The van der Waals surface area contributed by atoms with Gasteiger partial charge in [-0.15, -0.1) is 0 Å². The van der Waals surface area contributed by atoms with Crippen molar-refractivity contribution >= 4 is 60.7 Å². The summed E-state index contributed by atoms with van der Waals surface area (Å²) < 4.78 is 12.7. The Balaban J connectivity index is 1.56. The summed E-state index contributed by atoms with van der Waals surface area (Å²) >= 11 is 13.2. The number of carbonyl (C=O) groups is 1. The van der Waals surface area contributed by atoms with Crippen molar-refractivity contribution in [1.29, 1.82) is 0 Å². The lowest BCUT2D eigenvalue weighted by atomic mass is 10.2. The van der Waals surface area contributed by atoms with E-state index < -0.39 is 0 Å². The second kappa shape index (κ2) is 11.6. The van der Waals surface area contributed by atoms with Crippen molar-refractivity contribution in [3.8, 4) is 11.5 Å². The lowest BCUT2D eigenvalue weighted by molar-refractivity contribution is -0.118. The summed E-state index contributed by atoms with van der Waals surface area (Å²) in [6, 6.07) is 17.1. The zero-order valence-corrected chi connectivity index (χ0v) is 21.6. The second-order valence-electron chi connectivity index (χ2n) is 7.00. The van der Waals surface area contributed by atoms with Crippen molar-refractivity contribution in [3.05, 3.63) is 79.7 Å². The Labute approximate surface area is 209 Å². The highest BCUT2D eigenvalue weighted by Gasteiger charge is 2.12. The quantitative estimate of drug-likeness (QED) is 0.280. The third-order valence-electron chi connectivity index (χ3n) is 4.52. The Bertz CT molecular complexity index is 1070. The van der Waals surface area contributed by atoms with Gasteiger partial charge >= 0.3 is 0 Å². The molecule has 0 aliphatic carbocycles. The average molecular weight is 583 g/mol. The molecule has 3 rings (SSSR count). The molecule has 1 amide bonds. The van der Waals surface area contributed by atoms with Crippen LogP contribution in [0, 0.1) is 6.92 Å². The molecule has 0 saturated carbocycles. The molecule has 0 aromatic heterocycles. The number of amides is 1. The van der Waals surface area contributed by atoms with Crippen LogP contribution >= 0.6 is 43.5 Å². The number of carbonyl (C=O) groups excluding carboxylic acids is 1. The smallest absolute Gasteiger partial charge is 0.262 e. The number of anilines is 2. The Hall–Kier alpha value is -2.22. The van der Waals surface area contributed by atoms with E-state index in [1.165, 1.54) is 0 Å². The fourth-order valence-electron chi connectivity index (χ4n) is 2.90. The van der Waals surface area contributed by atoms with E-state index in [0.717, 1.165) is 31.5 Å². The molecule has 32 heavy (non-hydrogen) atoms. The van der Waals surface area contributed by atoms with E-state index in [9.17, 15) is 4.79 Å². The average Bonchev–Trinajstić information content (AvgIpc) is 2.75. The van der Waals surface area contributed by atoms with Gasteiger partial charge in [0.2, 0.25) is 0 Å². The van der Waals surface area contributed by atoms with E-state index in [-0.39, 0.29) is 12.5 Å². The third kappa shape index (κ3) is 6.89. The van der Waals surface area contributed by atoms with Gasteiger partial charge in [0, 0.05) is 22.9 Å². The maximum atomic E-state index is 12.3. The first-order valence-electron chi connectivity index (χ1n) is 9.99. The van der Waals surface area contributed by atoms with E-state index in [4.69, 9.17) is 21.1 Å². The van der Waals surface area contributed by atoms with Gasteiger partial charge in [-0.2, -0.15) is 0 Å². The fraction of sp³-hybridized carbons (Fsp3) is 0.208. The van der Waals surface area contributed by atoms with Gasteiger partial charge in [0.1, 0.15) is 11.5 Å². The van der Waals surface area contributed by atoms with Crippen LogP contribution in [0.4, 0.5) is 11.4 Å². The molecule has 168 valence electrons. The van der Waals surface area contributed by atoms with Crippen molar-refractivity contribution in [2.24, 2.45) is 0 Å². The minimum absolute atomic E-state index is 0.132. The molecule has 3 aromatic carbocycles. The molecule has 0 saturated heterocycles. The zero-order chi connectivity index (χ0) is 23.1. The zero-order valence-electron chi connectivity index (χ0n) is 17.7. The first-order chi connectivity index (χ1) is 15.4. The van der Waals surface area contributed by atoms with Crippen molar-refractivity contribution in [2.75, 3.05) is 23.8 Å². The molecule has 0 aliphatic rings. The highest BCUT2D eigenvalue weighted by Crippen LogP contribution is 2.35. The van der Waals surface area contributed by atoms with Gasteiger partial charge in [-0.05, 0) is 105 Å². The normalized spacial score (nSPS) is 10.5. The van der Waals surface area contributed by atoms with Crippen LogP contribution in [0.3, 0.4) is 0 Å². The summed E-state index contributed by atoms with van der Waals surface area (Å²) in [5, 5.41) is 6.76. The maximum Gasteiger partial charge on any atom is 0.262 e. The molecule has 0 atom stereocenters. The summed E-state index contributed by atoms with van der Waals surface area (Å²) in [6.07, 6.45) is 0. The van der Waals surface area contributed by atoms with Crippen molar-refractivity contribution < 1.29 is 14.3 Å². The van der Waals surface area contributed by atoms with E-state index in [1.807, 2.05) is 56.3 Å². The van der Waals surface area contributed by atoms with Crippen molar-refractivity contribution in [3.63, 3.8) is 0 Å². The molecule has 3 aromatic rings. The second-order valence-corrected chi connectivity index (χ2v) is 9.12. The minimum Gasteiger partial charge on any atom is -0.494 e. The van der Waals surface area contributed by atoms with Gasteiger partial charge in [-0.1, -0.05) is 17.7 Å². The molecule has 0 fully saturated rings. The lowest BCUT2D eigenvalue weighted by Gasteiger charge is -2.14. The number of benzene rings is 3. The van der Waals surface area contributed by atoms with E-state index >= 15 is 0 Å². The molecular formula is C24H23Br2ClN2O3. The van der Waals surface area contributed by atoms with Crippen LogP contribution in [0.5, 0.6) is 11.5 Å². The largest absolute Gasteiger partial charge is 0.494 e. The predicted molar refractivity (Wildman–Crippen MR) is 137 cm³/mol. The standard InChI is InChI=1S/C24H23Br2ClN2O3/c1-3-31-19-8-6-17(7-9-19)28-13-16-10-20(25)24(21(26)11-16)32-14-23(30)29-18-5-4-15(2)22(27)12-18/h4-12,28H,3,13-14H2,1-2H3,(H,29,30). The van der Waals surface area contributed by atoms with Gasteiger partial charge in [-0.25, -0.2) is 0 Å². The Morgan fingerprint density at radius 2 is 1.62 bits per heavy atom. The minimum atomic E-state index is -0.273. The fourth-order valence-corrected chi connectivity index (χ4v) is 4.59. The first-order valence-corrected chi connectivity index (χ1v) is 12.0. The van der Waals surface area contributed by atoms with Crippen LogP contribution in [0.15, 0.2) is 63.5 Å². The number of halogens is 3. The Morgan fingerprint density at radius 1 is 0.969 bits per heavy atom. The van der Waals surface area contributed by atoms with E-state index in [2.05, 4.69) is 42.5 Å². The van der Waals surface area contributed by atoms with Crippen LogP contribution in [-0.4, -0.2) is 19.1 Å². The molecule has 8 heteroatoms. The number of hydrogen-bond donors (Lipinski definition) is 2. The molecule has 0 radical (unpaired) electrons. The summed E-state index contributed by atoms with van der Waals surface area (Å²) in [4.78, 5) is 12.3. The first kappa shape index (κ1) is 24.4. The monoisotopic (exact) mass is 580 g/mol. The summed E-state index contributed by atoms with van der Waals surface area (Å²) in [5.74, 6) is 1.14. The Kier molecular flexibility index (Phi) is 8.84. The summed E-state index contributed by atoms with van der Waals surface area (Å²) in [5.41, 5.74) is 3.62. The molecule has 0 spiro atoms. The predicted octanol–water partition coefficient (Wildman–Crippen LogP) is 7.20. The number of hydrogen-bond acceptors (Lipinski definition) is 4. The number of nitrogens with one attached hydrogen (secondary N) is 2. The molecule has 0 aliphatic heterocycles. The molecular weight excluding hydrogens is 560 g/mol. The topological polar surface area (TPSA) is 59.6 Å². The molecule has 5 nitrogen and oxygen atoms in total. The Morgan fingerprint density at radius 3 is 2.25 bits per heavy atom. The summed E-state index contributed by atoms with van der Waals surface area (Å²) in [7, 11) is 0. The third-order valence-corrected chi connectivity index (χ3v) is 6.11. The van der Waals surface area contributed by atoms with Crippen molar-refractivity contribution in [2.45, 2.75) is 20.4 Å². The summed E-state index contributed by atoms with van der Waals surface area (Å²) in [6.45, 7) is 5.00. The van der Waals surface area contributed by atoms with Crippen LogP contribution in [-0.2, 0) is 11.3 Å². The lowest BCUT2D eigenvalue weighted by Crippen LogP contribution is -2.20. The number of aryl methyl sites for hydroxylation is 1. The van der Waals surface area contributed by atoms with Gasteiger partial charge in [0.25, 0.3) is 5.91 Å². The van der Waals surface area contributed by atoms with E-state index in [1.54, 1.807) is 12.1 Å². The van der Waals surface area contributed by atoms with E-state index in [0.29, 0.717) is 29.6 Å². The number of rotatable bonds is 9. The van der Waals surface area contributed by atoms with Crippen LogP contribution in [0.25, 0.3) is 0 Å². The van der Waals surface area contributed by atoms with Crippen molar-refractivity contribution in [1.82, 2.24) is 0 Å². The molecule has 0 unspecified atom stereocenters.